The quantitative estimate of drug-likeness (QED) is 0.696. The molecule has 0 radical (unpaired) electrons. The first-order valence-electron chi connectivity index (χ1n) is 4.59. The van der Waals surface area contributed by atoms with E-state index in [1.807, 2.05) is 13.8 Å². The van der Waals surface area contributed by atoms with Crippen molar-refractivity contribution in [1.82, 2.24) is 0 Å². The smallest absolute Gasteiger partial charge is 0.129 e. The SMILES string of the molecule is CCCc1c(C)cc(O)c(S)c1C. The lowest BCUT2D eigenvalue weighted by atomic mass is 9.98. The Morgan fingerprint density at radius 2 is 2.00 bits per heavy atom. The molecule has 72 valence electrons. The number of phenolic OH excluding ortho intramolecular Hbond substituents is 1. The van der Waals surface area contributed by atoms with Gasteiger partial charge in [-0.3, -0.25) is 0 Å². The standard InChI is InChI=1S/C11H16OS/c1-4-5-9-7(2)6-10(12)11(13)8(9)3/h6,12-13H,4-5H2,1-3H3. The predicted molar refractivity (Wildman–Crippen MR) is 58.8 cm³/mol. The number of hydrogen-bond donors (Lipinski definition) is 2. The molecule has 1 N–H and O–H groups in total. The van der Waals surface area contributed by atoms with Gasteiger partial charge < -0.3 is 5.11 Å². The molecule has 0 fully saturated rings. The summed E-state index contributed by atoms with van der Waals surface area (Å²) >= 11 is 4.27. The summed E-state index contributed by atoms with van der Waals surface area (Å²) in [5, 5.41) is 9.50. The van der Waals surface area contributed by atoms with E-state index >= 15 is 0 Å². The van der Waals surface area contributed by atoms with Gasteiger partial charge in [0, 0.05) is 4.90 Å². The van der Waals surface area contributed by atoms with Crippen molar-refractivity contribution in [3.05, 3.63) is 22.8 Å². The molecule has 13 heavy (non-hydrogen) atoms. The van der Waals surface area contributed by atoms with E-state index in [0.29, 0.717) is 4.90 Å². The monoisotopic (exact) mass is 196 g/mol. The van der Waals surface area contributed by atoms with Crippen LogP contribution in [0.1, 0.15) is 30.0 Å². The second-order valence-corrected chi connectivity index (χ2v) is 3.86. The predicted octanol–water partition coefficient (Wildman–Crippen LogP) is 3.25. The Balaban J connectivity index is 3.26. The van der Waals surface area contributed by atoms with E-state index in [2.05, 4.69) is 19.6 Å². The third-order valence-electron chi connectivity index (χ3n) is 2.38. The molecule has 0 aliphatic heterocycles. The third kappa shape index (κ3) is 1.99. The number of aryl methyl sites for hydroxylation is 1. The normalized spacial score (nSPS) is 10.5. The Morgan fingerprint density at radius 3 is 2.54 bits per heavy atom. The van der Waals surface area contributed by atoms with Gasteiger partial charge in [0.25, 0.3) is 0 Å². The van der Waals surface area contributed by atoms with Crippen molar-refractivity contribution in [2.45, 2.75) is 38.5 Å². The molecule has 0 heterocycles. The van der Waals surface area contributed by atoms with Crippen LogP contribution >= 0.6 is 12.6 Å². The molecule has 1 rings (SSSR count). The van der Waals surface area contributed by atoms with Gasteiger partial charge in [0.1, 0.15) is 5.75 Å². The maximum absolute atomic E-state index is 9.50. The molecule has 0 saturated heterocycles. The molecule has 1 aromatic carbocycles. The number of hydrogen-bond acceptors (Lipinski definition) is 2. The first-order valence-corrected chi connectivity index (χ1v) is 5.03. The topological polar surface area (TPSA) is 20.2 Å². The fourth-order valence-electron chi connectivity index (χ4n) is 1.63. The van der Waals surface area contributed by atoms with Crippen LogP contribution in [-0.4, -0.2) is 5.11 Å². The van der Waals surface area contributed by atoms with Crippen molar-refractivity contribution in [3.8, 4) is 5.75 Å². The first-order chi connectivity index (χ1) is 6.07. The summed E-state index contributed by atoms with van der Waals surface area (Å²) in [7, 11) is 0. The van der Waals surface area contributed by atoms with E-state index in [-0.39, 0.29) is 5.75 Å². The van der Waals surface area contributed by atoms with E-state index < -0.39 is 0 Å². The van der Waals surface area contributed by atoms with Gasteiger partial charge in [-0.05, 0) is 43.0 Å². The number of benzene rings is 1. The average molecular weight is 196 g/mol. The van der Waals surface area contributed by atoms with Crippen molar-refractivity contribution in [3.63, 3.8) is 0 Å². The largest absolute Gasteiger partial charge is 0.507 e. The maximum Gasteiger partial charge on any atom is 0.129 e. The van der Waals surface area contributed by atoms with Crippen molar-refractivity contribution in [2.75, 3.05) is 0 Å². The van der Waals surface area contributed by atoms with Crippen LogP contribution in [0.4, 0.5) is 0 Å². The summed E-state index contributed by atoms with van der Waals surface area (Å²) in [4.78, 5) is 0.717. The third-order valence-corrected chi connectivity index (χ3v) is 2.94. The van der Waals surface area contributed by atoms with E-state index in [9.17, 15) is 5.11 Å². The summed E-state index contributed by atoms with van der Waals surface area (Å²) in [6.45, 7) is 6.20. The minimum atomic E-state index is 0.290. The fraction of sp³-hybridized carbons (Fsp3) is 0.455. The van der Waals surface area contributed by atoms with E-state index in [1.165, 1.54) is 5.56 Å². The minimum absolute atomic E-state index is 0.290. The minimum Gasteiger partial charge on any atom is -0.507 e. The second-order valence-electron chi connectivity index (χ2n) is 3.41. The Morgan fingerprint density at radius 1 is 1.38 bits per heavy atom. The maximum atomic E-state index is 9.50. The molecule has 1 nitrogen and oxygen atoms in total. The summed E-state index contributed by atoms with van der Waals surface area (Å²) < 4.78 is 0. The van der Waals surface area contributed by atoms with Gasteiger partial charge in [0.15, 0.2) is 0 Å². The molecule has 0 saturated carbocycles. The lowest BCUT2D eigenvalue weighted by Gasteiger charge is -2.12. The molecule has 0 unspecified atom stereocenters. The lowest BCUT2D eigenvalue weighted by molar-refractivity contribution is 0.460. The van der Waals surface area contributed by atoms with Gasteiger partial charge in [-0.25, -0.2) is 0 Å². The summed E-state index contributed by atoms with van der Waals surface area (Å²) in [6, 6.07) is 1.79. The van der Waals surface area contributed by atoms with Crippen LogP contribution < -0.4 is 0 Å². The van der Waals surface area contributed by atoms with Gasteiger partial charge in [-0.1, -0.05) is 13.3 Å². The van der Waals surface area contributed by atoms with Gasteiger partial charge in [-0.15, -0.1) is 12.6 Å². The van der Waals surface area contributed by atoms with Crippen LogP contribution in [0.5, 0.6) is 5.75 Å². The Kier molecular flexibility index (Phi) is 3.26. The van der Waals surface area contributed by atoms with E-state index in [0.717, 1.165) is 24.0 Å². The van der Waals surface area contributed by atoms with Crippen LogP contribution in [0.15, 0.2) is 11.0 Å². The second kappa shape index (κ2) is 4.05. The van der Waals surface area contributed by atoms with Crippen LogP contribution in [0.2, 0.25) is 0 Å². The highest BCUT2D eigenvalue weighted by molar-refractivity contribution is 7.80. The highest BCUT2D eigenvalue weighted by atomic mass is 32.1. The zero-order chi connectivity index (χ0) is 10.0. The van der Waals surface area contributed by atoms with E-state index in [1.54, 1.807) is 6.07 Å². The first kappa shape index (κ1) is 10.5. The molecular weight excluding hydrogens is 180 g/mol. The van der Waals surface area contributed by atoms with Crippen molar-refractivity contribution in [1.29, 1.82) is 0 Å². The van der Waals surface area contributed by atoms with Crippen molar-refractivity contribution >= 4 is 12.6 Å². The number of rotatable bonds is 2. The zero-order valence-electron chi connectivity index (χ0n) is 8.39. The van der Waals surface area contributed by atoms with Crippen LogP contribution in [0.3, 0.4) is 0 Å². The molecule has 1 aromatic rings. The number of thiol groups is 1. The molecule has 0 aromatic heterocycles. The number of aromatic hydroxyl groups is 1. The Hall–Kier alpha value is -0.630. The van der Waals surface area contributed by atoms with Crippen molar-refractivity contribution in [2.24, 2.45) is 0 Å². The molecule has 0 amide bonds. The van der Waals surface area contributed by atoms with Gasteiger partial charge in [0.2, 0.25) is 0 Å². The molecule has 0 spiro atoms. The average Bonchev–Trinajstić information content (AvgIpc) is 2.09. The van der Waals surface area contributed by atoms with Gasteiger partial charge in [-0.2, -0.15) is 0 Å². The lowest BCUT2D eigenvalue weighted by Crippen LogP contribution is -1.94. The Labute approximate surface area is 85.2 Å². The Bertz CT molecular complexity index is 318. The fourth-order valence-corrected chi connectivity index (χ4v) is 1.83. The molecule has 2 heteroatoms. The molecule has 0 bridgehead atoms. The van der Waals surface area contributed by atoms with Crippen LogP contribution in [-0.2, 0) is 6.42 Å². The summed E-state index contributed by atoms with van der Waals surface area (Å²) in [5.74, 6) is 0.290. The highest BCUT2D eigenvalue weighted by Crippen LogP contribution is 2.30. The summed E-state index contributed by atoms with van der Waals surface area (Å²) in [5.41, 5.74) is 3.60. The number of phenols is 1. The van der Waals surface area contributed by atoms with Gasteiger partial charge in [0.05, 0.1) is 0 Å². The molecular formula is C11H16OS. The highest BCUT2D eigenvalue weighted by Gasteiger charge is 2.08. The zero-order valence-corrected chi connectivity index (χ0v) is 9.28. The van der Waals surface area contributed by atoms with E-state index in [4.69, 9.17) is 0 Å². The summed E-state index contributed by atoms with van der Waals surface area (Å²) in [6.07, 6.45) is 2.19. The van der Waals surface area contributed by atoms with Gasteiger partial charge >= 0.3 is 0 Å². The molecule has 0 aliphatic carbocycles. The molecule has 0 aliphatic rings. The molecule has 0 atom stereocenters. The van der Waals surface area contributed by atoms with Crippen molar-refractivity contribution < 1.29 is 5.11 Å². The van der Waals surface area contributed by atoms with Crippen LogP contribution in [0, 0.1) is 13.8 Å². The van der Waals surface area contributed by atoms with Crippen LogP contribution in [0.25, 0.3) is 0 Å².